The van der Waals surface area contributed by atoms with Gasteiger partial charge in [0, 0.05) is 11.8 Å². The fourth-order valence-electron chi connectivity index (χ4n) is 2.97. The van der Waals surface area contributed by atoms with Crippen molar-refractivity contribution in [3.05, 3.63) is 108 Å². The summed E-state index contributed by atoms with van der Waals surface area (Å²) in [5.41, 5.74) is 3.98. The van der Waals surface area contributed by atoms with Crippen LogP contribution >= 0.6 is 0 Å². The molecular formula is C23H20N4O2S. The molecule has 0 aliphatic carbocycles. The van der Waals surface area contributed by atoms with Gasteiger partial charge in [0.25, 0.3) is 10.0 Å². The van der Waals surface area contributed by atoms with Crippen molar-refractivity contribution in [1.29, 1.82) is 0 Å². The fraction of sp³-hybridized carbons (Fsp3) is 0.0435. The molecule has 0 bridgehead atoms. The second-order valence-corrected chi connectivity index (χ2v) is 8.38. The van der Waals surface area contributed by atoms with Crippen LogP contribution in [0.4, 0.5) is 0 Å². The van der Waals surface area contributed by atoms with E-state index in [1.54, 1.807) is 36.7 Å². The Morgan fingerprint density at radius 1 is 0.867 bits per heavy atom. The van der Waals surface area contributed by atoms with Crippen LogP contribution < -0.4 is 10.3 Å². The highest BCUT2D eigenvalue weighted by Gasteiger charge is 2.12. The van der Waals surface area contributed by atoms with E-state index >= 15 is 0 Å². The molecule has 4 aromatic rings. The first-order chi connectivity index (χ1) is 14.5. The molecule has 3 aromatic carbocycles. The number of aromatic nitrogens is 2. The third kappa shape index (κ3) is 4.31. The van der Waals surface area contributed by atoms with Crippen molar-refractivity contribution in [2.45, 2.75) is 11.8 Å². The molecule has 0 unspecified atom stereocenters. The van der Waals surface area contributed by atoms with Crippen molar-refractivity contribution in [3.63, 3.8) is 0 Å². The van der Waals surface area contributed by atoms with Gasteiger partial charge in [-0.3, -0.25) is 0 Å². The Balaban J connectivity index is 1.75. The Morgan fingerprint density at radius 2 is 1.50 bits per heavy atom. The number of aryl methyl sites for hydroxylation is 1. The van der Waals surface area contributed by atoms with Crippen molar-refractivity contribution in [2.75, 3.05) is 0 Å². The van der Waals surface area contributed by atoms with Crippen LogP contribution in [0, 0.1) is 6.92 Å². The van der Waals surface area contributed by atoms with Crippen molar-refractivity contribution >= 4 is 10.0 Å². The molecule has 0 amide bonds. The van der Waals surface area contributed by atoms with Crippen molar-refractivity contribution in [3.8, 4) is 16.9 Å². The monoisotopic (exact) mass is 416 g/mol. The fourth-order valence-corrected chi connectivity index (χ4v) is 3.79. The molecule has 0 aliphatic rings. The predicted molar refractivity (Wildman–Crippen MR) is 116 cm³/mol. The van der Waals surface area contributed by atoms with Crippen LogP contribution in [0.3, 0.4) is 0 Å². The second kappa shape index (κ2) is 8.34. The summed E-state index contributed by atoms with van der Waals surface area (Å²) < 4.78 is 27.0. The number of benzene rings is 3. The van der Waals surface area contributed by atoms with Crippen LogP contribution in [0.5, 0.6) is 0 Å². The lowest BCUT2D eigenvalue weighted by atomic mass is 10.1. The van der Waals surface area contributed by atoms with E-state index in [9.17, 15) is 8.42 Å². The van der Waals surface area contributed by atoms with Crippen LogP contribution in [-0.4, -0.2) is 18.0 Å². The zero-order valence-corrected chi connectivity index (χ0v) is 17.1. The Bertz CT molecular complexity index is 1320. The maximum Gasteiger partial charge on any atom is 0.276 e. The summed E-state index contributed by atoms with van der Waals surface area (Å²) in [6, 6.07) is 27.9. The zero-order valence-electron chi connectivity index (χ0n) is 16.3. The summed E-state index contributed by atoms with van der Waals surface area (Å²) >= 11 is 0. The molecule has 0 aliphatic heterocycles. The largest absolute Gasteiger partial charge is 0.300 e. The summed E-state index contributed by atoms with van der Waals surface area (Å²) in [4.78, 5) is 6.74. The average Bonchev–Trinajstić information content (AvgIpc) is 2.79. The molecule has 7 heteroatoms. The number of para-hydroxylation sites is 1. The highest BCUT2D eigenvalue weighted by atomic mass is 32.2. The van der Waals surface area contributed by atoms with Gasteiger partial charge in [0.15, 0.2) is 5.49 Å². The maximum absolute atomic E-state index is 12.5. The van der Waals surface area contributed by atoms with Gasteiger partial charge in [0.05, 0.1) is 10.6 Å². The molecule has 150 valence electrons. The van der Waals surface area contributed by atoms with Gasteiger partial charge >= 0.3 is 0 Å². The Morgan fingerprint density at radius 3 is 2.17 bits per heavy atom. The van der Waals surface area contributed by atoms with E-state index in [0.29, 0.717) is 0 Å². The van der Waals surface area contributed by atoms with Gasteiger partial charge in [0.1, 0.15) is 6.33 Å². The number of hydrogen-bond donors (Lipinski definition) is 1. The van der Waals surface area contributed by atoms with Crippen LogP contribution in [0.2, 0.25) is 0 Å². The van der Waals surface area contributed by atoms with Gasteiger partial charge in [-0.1, -0.05) is 66.2 Å². The molecule has 4 rings (SSSR count). The molecule has 1 aromatic heterocycles. The van der Waals surface area contributed by atoms with Crippen molar-refractivity contribution in [2.24, 2.45) is 5.10 Å². The number of rotatable bonds is 5. The van der Waals surface area contributed by atoms with Crippen LogP contribution in [0.25, 0.3) is 16.9 Å². The molecule has 1 N–H and O–H groups in total. The van der Waals surface area contributed by atoms with Gasteiger partial charge in [-0.25, -0.2) is 4.98 Å². The number of nitrogens with one attached hydrogen (secondary N) is 1. The maximum atomic E-state index is 12.5. The van der Waals surface area contributed by atoms with Gasteiger partial charge in [-0.15, -0.1) is 5.10 Å². The average molecular weight is 417 g/mol. The SMILES string of the molecule is Cc1ccc(S(=O)(=O)N/N=c2\cc(-c3ccccc3)n(-c3ccccc3)cn2)cc1. The Labute approximate surface area is 175 Å². The lowest BCUT2D eigenvalue weighted by Gasteiger charge is -2.13. The molecule has 1 heterocycles. The molecule has 0 radical (unpaired) electrons. The quantitative estimate of drug-likeness (QED) is 0.505. The third-order valence-electron chi connectivity index (χ3n) is 4.55. The zero-order chi connectivity index (χ0) is 21.0. The van der Waals surface area contributed by atoms with Crippen molar-refractivity contribution < 1.29 is 8.42 Å². The summed E-state index contributed by atoms with van der Waals surface area (Å²) in [5, 5.41) is 4.04. The minimum Gasteiger partial charge on any atom is -0.300 e. The first kappa shape index (κ1) is 19.6. The third-order valence-corrected chi connectivity index (χ3v) is 5.77. The predicted octanol–water partition coefficient (Wildman–Crippen LogP) is 3.64. The molecular weight excluding hydrogens is 396 g/mol. The van der Waals surface area contributed by atoms with Gasteiger partial charge in [-0.2, -0.15) is 13.2 Å². The molecule has 6 nitrogen and oxygen atoms in total. The van der Waals surface area contributed by atoms with E-state index in [0.717, 1.165) is 22.5 Å². The van der Waals surface area contributed by atoms with E-state index in [2.05, 4.69) is 14.9 Å². The number of hydrogen-bond acceptors (Lipinski definition) is 4. The smallest absolute Gasteiger partial charge is 0.276 e. The first-order valence-corrected chi connectivity index (χ1v) is 10.8. The highest BCUT2D eigenvalue weighted by molar-refractivity contribution is 7.89. The van der Waals surface area contributed by atoms with Crippen LogP contribution in [0.15, 0.2) is 107 Å². The standard InChI is InChI=1S/C23H20N4O2S/c1-18-12-14-21(15-13-18)30(28,29)26-25-23-16-22(19-8-4-2-5-9-19)27(17-24-23)20-10-6-3-7-11-20/h2-17,26H,1H3/b25-23+. The minimum absolute atomic E-state index is 0.149. The molecule has 0 saturated carbocycles. The Kier molecular flexibility index (Phi) is 5.45. The number of nitrogens with zero attached hydrogens (tertiary/aromatic N) is 3. The molecule has 0 saturated heterocycles. The van der Waals surface area contributed by atoms with E-state index in [4.69, 9.17) is 0 Å². The summed E-state index contributed by atoms with van der Waals surface area (Å²) in [7, 11) is -3.78. The number of sulfonamides is 1. The topological polar surface area (TPSA) is 76.3 Å². The van der Waals surface area contributed by atoms with Gasteiger partial charge in [-0.05, 0) is 36.8 Å². The van der Waals surface area contributed by atoms with Gasteiger partial charge in [0.2, 0.25) is 0 Å². The highest BCUT2D eigenvalue weighted by Crippen LogP contribution is 2.20. The van der Waals surface area contributed by atoms with E-state index in [-0.39, 0.29) is 10.4 Å². The van der Waals surface area contributed by atoms with Gasteiger partial charge < -0.3 is 4.57 Å². The lowest BCUT2D eigenvalue weighted by molar-refractivity contribution is 0.582. The minimum atomic E-state index is -3.78. The molecule has 0 atom stereocenters. The molecule has 30 heavy (non-hydrogen) atoms. The van der Waals surface area contributed by atoms with Crippen LogP contribution in [-0.2, 0) is 10.0 Å². The molecule has 0 spiro atoms. The summed E-state index contributed by atoms with van der Waals surface area (Å²) in [6.07, 6.45) is 1.64. The summed E-state index contributed by atoms with van der Waals surface area (Å²) in [6.45, 7) is 1.90. The van der Waals surface area contributed by atoms with Crippen molar-refractivity contribution in [1.82, 2.24) is 14.4 Å². The molecule has 0 fully saturated rings. The Hall–Kier alpha value is -3.71. The van der Waals surface area contributed by atoms with E-state index in [1.165, 1.54) is 0 Å². The second-order valence-electron chi connectivity index (χ2n) is 6.72. The van der Waals surface area contributed by atoms with E-state index in [1.807, 2.05) is 72.2 Å². The lowest BCUT2D eigenvalue weighted by Crippen LogP contribution is -2.23. The summed E-state index contributed by atoms with van der Waals surface area (Å²) in [5.74, 6) is 0. The van der Waals surface area contributed by atoms with Crippen LogP contribution in [0.1, 0.15) is 5.56 Å². The van der Waals surface area contributed by atoms with E-state index < -0.39 is 10.0 Å². The first-order valence-electron chi connectivity index (χ1n) is 9.35. The normalized spacial score (nSPS) is 12.0.